The van der Waals surface area contributed by atoms with Crippen LogP contribution in [-0.2, 0) is 4.79 Å². The van der Waals surface area contributed by atoms with Crippen molar-refractivity contribution in [2.45, 2.75) is 46.1 Å². The van der Waals surface area contributed by atoms with Gasteiger partial charge in [-0.1, -0.05) is 20.8 Å². The number of carbonyl (C=O) groups is 1. The topological polar surface area (TPSA) is 29.1 Å². The van der Waals surface area contributed by atoms with Crippen LogP contribution < -0.4 is 5.32 Å². The first-order valence-electron chi connectivity index (χ1n) is 5.80. The van der Waals surface area contributed by atoms with Gasteiger partial charge in [0.1, 0.15) is 5.78 Å². The van der Waals surface area contributed by atoms with Crippen LogP contribution in [0.4, 0.5) is 0 Å². The summed E-state index contributed by atoms with van der Waals surface area (Å²) in [4.78, 5) is 11.7. The minimum absolute atomic E-state index is 0.282. The van der Waals surface area contributed by atoms with Gasteiger partial charge in [-0.15, -0.1) is 0 Å². The molecule has 1 aliphatic rings. The number of rotatable bonds is 4. The van der Waals surface area contributed by atoms with E-state index < -0.39 is 0 Å². The fraction of sp³-hybridized carbons (Fsp3) is 0.917. The van der Waals surface area contributed by atoms with Gasteiger partial charge in [0.25, 0.3) is 0 Å². The van der Waals surface area contributed by atoms with Crippen LogP contribution in [0, 0.1) is 5.41 Å². The second kappa shape index (κ2) is 5.90. The fourth-order valence-electron chi connectivity index (χ4n) is 1.64. The number of Topliss-reactive ketones (excluding diaryl/α,β-unsaturated/α-hetero) is 1. The molecule has 0 radical (unpaired) electrons. The number of carbonyl (C=O) groups excluding carboxylic acids is 1. The number of hydrogen-bond donors (Lipinski definition) is 1. The maximum Gasteiger partial charge on any atom is 0.134 e. The molecule has 1 rings (SSSR count). The van der Waals surface area contributed by atoms with E-state index in [2.05, 4.69) is 26.1 Å². The van der Waals surface area contributed by atoms with Crippen molar-refractivity contribution < 1.29 is 4.79 Å². The predicted octanol–water partition coefficient (Wildman–Crippen LogP) is 2.48. The SMILES string of the molecule is CC(C)(C)CCC(=O)CC1CSCCN1. The number of nitrogens with one attached hydrogen (secondary N) is 1. The molecule has 0 aliphatic carbocycles. The molecule has 1 atom stereocenters. The zero-order chi connectivity index (χ0) is 11.3. The molecule has 0 spiro atoms. The lowest BCUT2D eigenvalue weighted by molar-refractivity contribution is -0.119. The molecule has 1 unspecified atom stereocenters. The van der Waals surface area contributed by atoms with E-state index in [1.165, 1.54) is 5.75 Å². The van der Waals surface area contributed by atoms with Crippen LogP contribution in [-0.4, -0.2) is 29.9 Å². The van der Waals surface area contributed by atoms with Gasteiger partial charge in [0.05, 0.1) is 0 Å². The second-order valence-corrected chi connectivity index (χ2v) is 6.68. The largest absolute Gasteiger partial charge is 0.312 e. The third kappa shape index (κ3) is 6.21. The van der Waals surface area contributed by atoms with Crippen molar-refractivity contribution in [3.63, 3.8) is 0 Å². The van der Waals surface area contributed by atoms with Crippen molar-refractivity contribution in [1.82, 2.24) is 5.32 Å². The van der Waals surface area contributed by atoms with E-state index in [4.69, 9.17) is 0 Å². The summed E-state index contributed by atoms with van der Waals surface area (Å²) in [5.41, 5.74) is 0.282. The Morgan fingerprint density at radius 2 is 2.20 bits per heavy atom. The molecule has 0 amide bonds. The van der Waals surface area contributed by atoms with E-state index in [9.17, 15) is 4.79 Å². The van der Waals surface area contributed by atoms with Gasteiger partial charge in [0.2, 0.25) is 0 Å². The van der Waals surface area contributed by atoms with Crippen molar-refractivity contribution in [1.29, 1.82) is 0 Å². The summed E-state index contributed by atoms with van der Waals surface area (Å²) in [6.07, 6.45) is 2.47. The molecule has 0 aromatic heterocycles. The Labute approximate surface area is 97.6 Å². The van der Waals surface area contributed by atoms with Crippen LogP contribution in [0.3, 0.4) is 0 Å². The molecule has 1 N–H and O–H groups in total. The molecule has 2 nitrogen and oxygen atoms in total. The lowest BCUT2D eigenvalue weighted by Crippen LogP contribution is -2.38. The molecule has 1 saturated heterocycles. The molecule has 1 aliphatic heterocycles. The molecular weight excluding hydrogens is 206 g/mol. The van der Waals surface area contributed by atoms with Gasteiger partial charge >= 0.3 is 0 Å². The van der Waals surface area contributed by atoms with Crippen LogP contribution in [0.2, 0.25) is 0 Å². The van der Waals surface area contributed by atoms with E-state index in [1.807, 2.05) is 11.8 Å². The van der Waals surface area contributed by atoms with Crippen LogP contribution in [0.5, 0.6) is 0 Å². The van der Waals surface area contributed by atoms with Crippen molar-refractivity contribution in [3.8, 4) is 0 Å². The van der Waals surface area contributed by atoms with Crippen molar-refractivity contribution in [3.05, 3.63) is 0 Å². The Morgan fingerprint density at radius 1 is 1.47 bits per heavy atom. The average Bonchev–Trinajstić information content (AvgIpc) is 2.15. The number of hydrogen-bond acceptors (Lipinski definition) is 3. The maximum atomic E-state index is 11.7. The van der Waals surface area contributed by atoms with E-state index in [0.717, 1.165) is 31.6 Å². The summed E-state index contributed by atoms with van der Waals surface area (Å²) < 4.78 is 0. The van der Waals surface area contributed by atoms with Gasteiger partial charge in [-0.3, -0.25) is 4.79 Å². The van der Waals surface area contributed by atoms with Gasteiger partial charge in [-0.05, 0) is 11.8 Å². The van der Waals surface area contributed by atoms with E-state index >= 15 is 0 Å². The van der Waals surface area contributed by atoms with Gasteiger partial charge in [0, 0.05) is 36.9 Å². The molecule has 3 heteroatoms. The highest BCUT2D eigenvalue weighted by atomic mass is 32.2. The molecular formula is C12H23NOS. The summed E-state index contributed by atoms with van der Waals surface area (Å²) in [6, 6.07) is 0.427. The first-order chi connectivity index (χ1) is 6.97. The Hall–Kier alpha value is -0.0200. The first kappa shape index (κ1) is 13.0. The molecule has 0 aromatic rings. The summed E-state index contributed by atoms with van der Waals surface area (Å²) in [7, 11) is 0. The Balaban J connectivity index is 2.17. The van der Waals surface area contributed by atoms with Gasteiger partial charge in [-0.25, -0.2) is 0 Å². The van der Waals surface area contributed by atoms with Crippen LogP contribution >= 0.6 is 11.8 Å². The van der Waals surface area contributed by atoms with Crippen molar-refractivity contribution in [2.24, 2.45) is 5.41 Å². The van der Waals surface area contributed by atoms with Crippen LogP contribution in [0.25, 0.3) is 0 Å². The Kier molecular flexibility index (Phi) is 5.13. The fourth-order valence-corrected chi connectivity index (χ4v) is 2.59. The minimum Gasteiger partial charge on any atom is -0.312 e. The van der Waals surface area contributed by atoms with E-state index in [0.29, 0.717) is 11.8 Å². The smallest absolute Gasteiger partial charge is 0.134 e. The molecule has 1 heterocycles. The highest BCUT2D eigenvalue weighted by Crippen LogP contribution is 2.21. The van der Waals surface area contributed by atoms with Gasteiger partial charge in [-0.2, -0.15) is 11.8 Å². The molecule has 1 fully saturated rings. The minimum atomic E-state index is 0.282. The summed E-state index contributed by atoms with van der Waals surface area (Å²) in [6.45, 7) is 7.63. The highest BCUT2D eigenvalue weighted by Gasteiger charge is 2.18. The molecule has 0 bridgehead atoms. The quantitative estimate of drug-likeness (QED) is 0.803. The molecule has 0 aromatic carbocycles. The molecule has 15 heavy (non-hydrogen) atoms. The third-order valence-electron chi connectivity index (χ3n) is 2.63. The lowest BCUT2D eigenvalue weighted by atomic mass is 9.89. The normalized spacial score (nSPS) is 22.7. The molecule has 88 valence electrons. The van der Waals surface area contributed by atoms with Crippen LogP contribution in [0.1, 0.15) is 40.0 Å². The highest BCUT2D eigenvalue weighted by molar-refractivity contribution is 7.99. The van der Waals surface area contributed by atoms with E-state index in [1.54, 1.807) is 0 Å². The average molecular weight is 229 g/mol. The number of ketones is 1. The van der Waals surface area contributed by atoms with E-state index in [-0.39, 0.29) is 5.41 Å². The van der Waals surface area contributed by atoms with Gasteiger partial charge < -0.3 is 5.32 Å². The Bertz CT molecular complexity index is 204. The predicted molar refractivity (Wildman–Crippen MR) is 67.4 cm³/mol. The second-order valence-electron chi connectivity index (χ2n) is 5.53. The standard InChI is InChI=1S/C12H23NOS/c1-12(2,3)5-4-11(14)8-10-9-15-7-6-13-10/h10,13H,4-9H2,1-3H3. The zero-order valence-electron chi connectivity index (χ0n) is 10.1. The summed E-state index contributed by atoms with van der Waals surface area (Å²) in [5, 5.41) is 3.41. The third-order valence-corrected chi connectivity index (χ3v) is 3.76. The Morgan fingerprint density at radius 3 is 2.73 bits per heavy atom. The lowest BCUT2D eigenvalue weighted by Gasteiger charge is -2.23. The van der Waals surface area contributed by atoms with Crippen LogP contribution in [0.15, 0.2) is 0 Å². The number of thioether (sulfide) groups is 1. The maximum absolute atomic E-state index is 11.7. The first-order valence-corrected chi connectivity index (χ1v) is 6.96. The van der Waals surface area contributed by atoms with Gasteiger partial charge in [0.15, 0.2) is 0 Å². The monoisotopic (exact) mass is 229 g/mol. The van der Waals surface area contributed by atoms with Crippen molar-refractivity contribution in [2.75, 3.05) is 18.1 Å². The summed E-state index contributed by atoms with van der Waals surface area (Å²) in [5.74, 6) is 2.71. The summed E-state index contributed by atoms with van der Waals surface area (Å²) >= 11 is 1.95. The molecule has 0 saturated carbocycles. The van der Waals surface area contributed by atoms with Crippen molar-refractivity contribution >= 4 is 17.5 Å². The zero-order valence-corrected chi connectivity index (χ0v) is 11.0.